The zero-order valence-electron chi connectivity index (χ0n) is 25.0. The molecule has 3 aromatic carbocycles. The Morgan fingerprint density at radius 1 is 1.02 bits per heavy atom. The van der Waals surface area contributed by atoms with Crippen LogP contribution in [0.4, 0.5) is 11.4 Å². The third kappa shape index (κ3) is 5.05. The number of ketones is 1. The zero-order chi connectivity index (χ0) is 33.3. The summed E-state index contributed by atoms with van der Waals surface area (Å²) in [5, 5.41) is 12.2. The quantitative estimate of drug-likeness (QED) is 0.0490. The van der Waals surface area contributed by atoms with E-state index in [1.165, 1.54) is 17.0 Å². The number of nitro groups is 1. The van der Waals surface area contributed by atoms with Crippen LogP contribution in [0.3, 0.4) is 0 Å². The Balaban J connectivity index is 1.19. The Kier molecular flexibility index (Phi) is 7.56. The van der Waals surface area contributed by atoms with Gasteiger partial charge in [0.25, 0.3) is 5.69 Å². The molecule has 4 atom stereocenters. The first-order valence-corrected chi connectivity index (χ1v) is 16.0. The number of aromatic nitrogens is 1. The fourth-order valence-corrected chi connectivity index (χ4v) is 7.66. The largest absolute Gasteiger partial charge is 0.454 e. The molecule has 2 amide bonds. The standard InChI is InChI=1S/C35H25BrClN3O7/c1-16-3-4-19(12-27(16)40(45)46)28(41)15-47-35(44)24-14-26(38-32-17(2)31(37)25(36)13-23(24)32)18-7-9-22(10-8-18)39-33(42)29-20-5-6-21(11-20)30(29)34(39)43/h3-10,12-14,20-21,29-30H,11,15H2,1-2H3. The Morgan fingerprint density at radius 3 is 2.32 bits per heavy atom. The van der Waals surface area contributed by atoms with Crippen molar-refractivity contribution >= 4 is 73.4 Å². The van der Waals surface area contributed by atoms with Crippen molar-refractivity contribution in [2.24, 2.45) is 23.7 Å². The van der Waals surface area contributed by atoms with Gasteiger partial charge in [-0.3, -0.25) is 29.4 Å². The number of imide groups is 1. The molecule has 4 aromatic rings. The van der Waals surface area contributed by atoms with E-state index in [2.05, 4.69) is 28.1 Å². The summed E-state index contributed by atoms with van der Waals surface area (Å²) in [6.45, 7) is 2.69. The molecule has 0 N–H and O–H groups in total. The van der Waals surface area contributed by atoms with Crippen LogP contribution >= 0.6 is 27.5 Å². The molecule has 12 heteroatoms. The number of allylic oxidation sites excluding steroid dienone is 2. The lowest BCUT2D eigenvalue weighted by Crippen LogP contribution is -2.32. The summed E-state index contributed by atoms with van der Waals surface area (Å²) in [5.41, 5.74) is 2.88. The number of Topliss-reactive ketones (excluding diaryl/α,β-unsaturated/α-hetero) is 1. The lowest BCUT2D eigenvalue weighted by atomic mass is 9.85. The fourth-order valence-electron chi connectivity index (χ4n) is 6.99. The van der Waals surface area contributed by atoms with Crippen molar-refractivity contribution in [2.75, 3.05) is 11.5 Å². The third-order valence-electron chi connectivity index (χ3n) is 9.40. The number of esters is 1. The molecule has 10 nitrogen and oxygen atoms in total. The van der Waals surface area contributed by atoms with Crippen LogP contribution in [0, 0.1) is 47.6 Å². The minimum atomic E-state index is -0.804. The molecule has 2 aliphatic carbocycles. The summed E-state index contributed by atoms with van der Waals surface area (Å²) in [5.74, 6) is -2.18. The number of nitrogens with zero attached hydrogens (tertiary/aromatic N) is 3. The smallest absolute Gasteiger partial charge is 0.339 e. The van der Waals surface area contributed by atoms with Gasteiger partial charge in [0.05, 0.1) is 44.2 Å². The summed E-state index contributed by atoms with van der Waals surface area (Å²) < 4.78 is 5.97. The minimum Gasteiger partial charge on any atom is -0.454 e. The first kappa shape index (κ1) is 30.9. The van der Waals surface area contributed by atoms with E-state index in [1.54, 1.807) is 50.2 Å². The lowest BCUT2D eigenvalue weighted by molar-refractivity contribution is -0.385. The number of carbonyl (C=O) groups is 4. The average Bonchev–Trinajstić information content (AvgIpc) is 3.75. The Bertz CT molecular complexity index is 2080. The van der Waals surface area contributed by atoms with Gasteiger partial charge in [-0.05, 0) is 77.9 Å². The Labute approximate surface area is 281 Å². The molecule has 1 saturated carbocycles. The molecule has 3 aliphatic rings. The van der Waals surface area contributed by atoms with E-state index in [9.17, 15) is 29.3 Å². The number of hydrogen-bond acceptors (Lipinski definition) is 8. The lowest BCUT2D eigenvalue weighted by Gasteiger charge is -2.18. The molecule has 236 valence electrons. The van der Waals surface area contributed by atoms with Gasteiger partial charge in [0.1, 0.15) is 0 Å². The third-order valence-corrected chi connectivity index (χ3v) is 10.7. The number of fused-ring (bicyclic) bond motifs is 6. The van der Waals surface area contributed by atoms with Crippen LogP contribution in [-0.2, 0) is 14.3 Å². The maximum atomic E-state index is 13.5. The predicted octanol–water partition coefficient (Wildman–Crippen LogP) is 7.19. The van der Waals surface area contributed by atoms with Gasteiger partial charge in [-0.15, -0.1) is 0 Å². The molecule has 4 unspecified atom stereocenters. The molecule has 47 heavy (non-hydrogen) atoms. The van der Waals surface area contributed by atoms with Crippen molar-refractivity contribution in [2.45, 2.75) is 20.3 Å². The molecular weight excluding hydrogens is 690 g/mol. The van der Waals surface area contributed by atoms with Crippen molar-refractivity contribution < 1.29 is 28.8 Å². The van der Waals surface area contributed by atoms with Crippen molar-refractivity contribution in [3.63, 3.8) is 0 Å². The van der Waals surface area contributed by atoms with E-state index in [4.69, 9.17) is 21.3 Å². The van der Waals surface area contributed by atoms with Gasteiger partial charge in [0.2, 0.25) is 17.6 Å². The second-order valence-electron chi connectivity index (χ2n) is 12.1. The van der Waals surface area contributed by atoms with Crippen LogP contribution in [-0.4, -0.2) is 40.1 Å². The van der Waals surface area contributed by atoms with E-state index >= 15 is 0 Å². The molecular formula is C35H25BrClN3O7. The molecule has 1 aliphatic heterocycles. The first-order valence-electron chi connectivity index (χ1n) is 14.9. The topological polar surface area (TPSA) is 137 Å². The van der Waals surface area contributed by atoms with Gasteiger partial charge in [0, 0.05) is 32.6 Å². The van der Waals surface area contributed by atoms with Gasteiger partial charge in [-0.1, -0.05) is 48.0 Å². The number of nitro benzene ring substituents is 1. The fraction of sp³-hybridized carbons (Fsp3) is 0.229. The molecule has 7 rings (SSSR count). The normalized spacial score (nSPS) is 21.1. The minimum absolute atomic E-state index is 0.0448. The number of hydrogen-bond donors (Lipinski definition) is 0. The molecule has 0 spiro atoms. The molecule has 2 bridgehead atoms. The van der Waals surface area contributed by atoms with Crippen LogP contribution in [0.5, 0.6) is 0 Å². The number of halogens is 2. The summed E-state index contributed by atoms with van der Waals surface area (Å²) in [6, 6.07) is 14.1. The van der Waals surface area contributed by atoms with Gasteiger partial charge in [-0.2, -0.15) is 0 Å². The summed E-state index contributed by atoms with van der Waals surface area (Å²) in [6.07, 6.45) is 4.95. The van der Waals surface area contributed by atoms with Crippen LogP contribution in [0.2, 0.25) is 5.02 Å². The maximum Gasteiger partial charge on any atom is 0.339 e. The van der Waals surface area contributed by atoms with Crippen LogP contribution in [0.1, 0.15) is 38.3 Å². The molecule has 2 heterocycles. The number of amides is 2. The highest BCUT2D eigenvalue weighted by Gasteiger charge is 2.59. The average molecular weight is 715 g/mol. The second kappa shape index (κ2) is 11.5. The maximum absolute atomic E-state index is 13.5. The highest BCUT2D eigenvalue weighted by molar-refractivity contribution is 9.10. The predicted molar refractivity (Wildman–Crippen MR) is 177 cm³/mol. The van der Waals surface area contributed by atoms with Crippen LogP contribution < -0.4 is 4.90 Å². The van der Waals surface area contributed by atoms with Gasteiger partial charge in [0.15, 0.2) is 6.61 Å². The van der Waals surface area contributed by atoms with Crippen molar-refractivity contribution in [3.05, 3.63) is 109 Å². The highest BCUT2D eigenvalue weighted by atomic mass is 79.9. The Morgan fingerprint density at radius 2 is 1.68 bits per heavy atom. The van der Waals surface area contributed by atoms with Crippen LogP contribution in [0.15, 0.2) is 71.2 Å². The van der Waals surface area contributed by atoms with E-state index in [1.807, 2.05) is 0 Å². The number of ether oxygens (including phenoxy) is 1. The number of rotatable bonds is 7. The van der Waals surface area contributed by atoms with Crippen molar-refractivity contribution in [1.29, 1.82) is 0 Å². The van der Waals surface area contributed by atoms with E-state index in [0.717, 1.165) is 12.5 Å². The first-order chi connectivity index (χ1) is 22.4. The van der Waals surface area contributed by atoms with Crippen molar-refractivity contribution in [1.82, 2.24) is 4.98 Å². The zero-order valence-corrected chi connectivity index (χ0v) is 27.4. The summed E-state index contributed by atoms with van der Waals surface area (Å²) in [7, 11) is 0. The number of aryl methyl sites for hydroxylation is 2. The van der Waals surface area contributed by atoms with Crippen molar-refractivity contribution in [3.8, 4) is 11.3 Å². The monoisotopic (exact) mass is 713 g/mol. The Hall–Kier alpha value is -4.74. The molecule has 1 saturated heterocycles. The highest BCUT2D eigenvalue weighted by Crippen LogP contribution is 2.53. The number of pyridine rings is 1. The molecule has 0 radical (unpaired) electrons. The second-order valence-corrected chi connectivity index (χ2v) is 13.3. The molecule has 2 fully saturated rings. The van der Waals surface area contributed by atoms with Gasteiger partial charge < -0.3 is 4.74 Å². The number of carbonyl (C=O) groups excluding carboxylic acids is 4. The summed E-state index contributed by atoms with van der Waals surface area (Å²) in [4.78, 5) is 69.8. The summed E-state index contributed by atoms with van der Waals surface area (Å²) >= 11 is 9.95. The van der Waals surface area contributed by atoms with Gasteiger partial charge in [-0.25, -0.2) is 9.78 Å². The van der Waals surface area contributed by atoms with E-state index < -0.39 is 23.3 Å². The number of benzene rings is 3. The SMILES string of the molecule is Cc1ccc(C(=O)COC(=O)c2cc(-c3ccc(N4C(=O)C5C6C=CC(C6)C5C4=O)cc3)nc3c(C)c(Cl)c(Br)cc23)cc1[N+](=O)[O-]. The molecule has 1 aromatic heterocycles. The van der Waals surface area contributed by atoms with Gasteiger partial charge >= 0.3 is 5.97 Å². The van der Waals surface area contributed by atoms with E-state index in [0.29, 0.717) is 48.5 Å². The number of anilines is 1. The van der Waals surface area contributed by atoms with E-state index in [-0.39, 0.29) is 52.3 Å². The van der Waals surface area contributed by atoms with Crippen LogP contribution in [0.25, 0.3) is 22.2 Å².